The Morgan fingerprint density at radius 2 is 1.39 bits per heavy atom. The second-order valence-corrected chi connectivity index (χ2v) is 16.3. The molecule has 0 saturated heterocycles. The van der Waals surface area contributed by atoms with Crippen LogP contribution in [0.2, 0.25) is 0 Å². The number of ether oxygens (including phenoxy) is 1. The van der Waals surface area contributed by atoms with E-state index in [2.05, 4.69) is 49.5 Å². The van der Waals surface area contributed by atoms with Crippen molar-refractivity contribution in [3.05, 3.63) is 193 Å². The average molecular weight is 804 g/mol. The minimum absolute atomic E-state index is 0.0459. The number of rotatable bonds is 9. The molecule has 0 N–H and O–H groups in total. The molecule has 1 aliphatic heterocycles. The second-order valence-electron chi connectivity index (χ2n) is 16.3. The van der Waals surface area contributed by atoms with Crippen LogP contribution >= 0.6 is 0 Å². The van der Waals surface area contributed by atoms with Crippen LogP contribution in [0.1, 0.15) is 60.8 Å². The van der Waals surface area contributed by atoms with Gasteiger partial charge in [-0.3, -0.25) is 4.57 Å². The SMILES string of the molecule is [2H]c1cc([2H])c(-c2cccc(-c3c([2H])c([2H])c([2H])c([2H])c3[2H])c2[N+]2=C=[N+](c3cccc(Oc4ccc5c6ccccc6n(-c6cc(C(C)(C)C)ccn6)c5c4)c3)c3cccc(C([2H])([2H])C(C)C)c32)c([2H])c1[2H]. The van der Waals surface area contributed by atoms with E-state index in [-0.39, 0.29) is 51.0 Å². The van der Waals surface area contributed by atoms with Gasteiger partial charge in [-0.15, -0.1) is 0 Å². The van der Waals surface area contributed by atoms with Gasteiger partial charge in [0.2, 0.25) is 11.4 Å². The van der Waals surface area contributed by atoms with E-state index in [9.17, 15) is 2.74 Å². The Kier molecular flexibility index (Phi) is 6.91. The molecule has 0 spiro atoms. The van der Waals surface area contributed by atoms with E-state index in [1.807, 2.05) is 66.9 Å². The van der Waals surface area contributed by atoms with E-state index >= 15 is 0 Å². The number of benzene rings is 7. The molecule has 9 aromatic rings. The zero-order chi connectivity index (χ0) is 51.3. The molecule has 0 unspecified atom stereocenters. The maximum absolute atomic E-state index is 9.51. The molecule has 10 rings (SSSR count). The van der Waals surface area contributed by atoms with Crippen LogP contribution in [-0.4, -0.2) is 15.6 Å². The molecule has 0 bridgehead atoms. The first-order valence-corrected chi connectivity index (χ1v) is 20.2. The maximum atomic E-state index is 9.51. The van der Waals surface area contributed by atoms with Gasteiger partial charge in [0.25, 0.3) is 5.69 Å². The molecular formula is C56H48N4O+2. The summed E-state index contributed by atoms with van der Waals surface area (Å²) in [6.45, 7) is 10.1. The number of hydrogen-bond donors (Lipinski definition) is 0. The van der Waals surface area contributed by atoms with Crippen molar-refractivity contribution in [3.63, 3.8) is 0 Å². The molecular weight excluding hydrogens is 745 g/mol. The molecule has 296 valence electrons. The summed E-state index contributed by atoms with van der Waals surface area (Å²) < 4.78 is 110. The second kappa shape index (κ2) is 15.4. The van der Waals surface area contributed by atoms with Gasteiger partial charge in [0.05, 0.1) is 40.6 Å². The van der Waals surface area contributed by atoms with Gasteiger partial charge in [0.1, 0.15) is 17.3 Å². The highest BCUT2D eigenvalue weighted by Crippen LogP contribution is 2.46. The third-order valence-corrected chi connectivity index (χ3v) is 10.8. The maximum Gasteiger partial charge on any atom is 0.503 e. The van der Waals surface area contributed by atoms with Crippen LogP contribution in [0, 0.1) is 5.92 Å². The van der Waals surface area contributed by atoms with Crippen molar-refractivity contribution in [2.24, 2.45) is 5.92 Å². The molecule has 0 amide bonds. The fourth-order valence-corrected chi connectivity index (χ4v) is 8.02. The Hall–Kier alpha value is -7.33. The average Bonchev–Trinajstić information content (AvgIpc) is 3.90. The first-order valence-electron chi connectivity index (χ1n) is 25.7. The predicted molar refractivity (Wildman–Crippen MR) is 254 cm³/mol. The third kappa shape index (κ3) is 7.03. The van der Waals surface area contributed by atoms with Gasteiger partial charge in [-0.05, 0) is 92.1 Å². The molecule has 0 fully saturated rings. The topological polar surface area (TPSA) is 33.1 Å². The quantitative estimate of drug-likeness (QED) is 0.136. The summed E-state index contributed by atoms with van der Waals surface area (Å²) in [5.41, 5.74) is 4.70. The highest BCUT2D eigenvalue weighted by atomic mass is 16.5. The molecule has 0 aliphatic carbocycles. The summed E-state index contributed by atoms with van der Waals surface area (Å²) in [5.74, 6) is 1.26. The molecule has 7 aromatic carbocycles. The van der Waals surface area contributed by atoms with Gasteiger partial charge in [-0.25, -0.2) is 4.98 Å². The van der Waals surface area contributed by atoms with Crippen molar-refractivity contribution in [3.8, 4) is 39.6 Å². The summed E-state index contributed by atoms with van der Waals surface area (Å²) in [4.78, 5) is 4.83. The molecule has 0 radical (unpaired) electrons. The molecule has 0 atom stereocenters. The lowest BCUT2D eigenvalue weighted by atomic mass is 9.88. The Labute approximate surface area is 373 Å². The van der Waals surface area contributed by atoms with Gasteiger partial charge >= 0.3 is 11.7 Å². The van der Waals surface area contributed by atoms with E-state index in [1.165, 1.54) is 6.07 Å². The van der Waals surface area contributed by atoms with Crippen LogP contribution in [0.4, 0.5) is 22.7 Å². The number of fused-ring (bicyclic) bond motifs is 4. The molecule has 5 nitrogen and oxygen atoms in total. The third-order valence-electron chi connectivity index (χ3n) is 10.8. The van der Waals surface area contributed by atoms with Gasteiger partial charge in [0.15, 0.2) is 0 Å². The van der Waals surface area contributed by atoms with Crippen molar-refractivity contribution < 1.29 is 19.8 Å². The zero-order valence-electron chi connectivity index (χ0n) is 45.4. The molecule has 5 heteroatoms. The van der Waals surface area contributed by atoms with E-state index in [4.69, 9.17) is 22.1 Å². The van der Waals surface area contributed by atoms with Crippen molar-refractivity contribution in [2.45, 2.75) is 46.4 Å². The Bertz CT molecular complexity index is 3800. The van der Waals surface area contributed by atoms with Crippen LogP contribution < -0.4 is 13.9 Å². The molecule has 3 heterocycles. The van der Waals surface area contributed by atoms with Gasteiger partial charge in [-0.1, -0.05) is 138 Å². The summed E-state index contributed by atoms with van der Waals surface area (Å²) in [7, 11) is 0. The smallest absolute Gasteiger partial charge is 0.457 e. The van der Waals surface area contributed by atoms with Crippen LogP contribution in [-0.2, 0) is 11.8 Å². The van der Waals surface area contributed by atoms with Crippen LogP contribution in [0.3, 0.4) is 0 Å². The molecule has 61 heavy (non-hydrogen) atoms. The van der Waals surface area contributed by atoms with Crippen LogP contribution in [0.25, 0.3) is 49.9 Å². The minimum atomic E-state index is -1.97. The molecule has 2 aromatic heterocycles. The zero-order valence-corrected chi connectivity index (χ0v) is 34.4. The lowest BCUT2D eigenvalue weighted by Crippen LogP contribution is -2.12. The number of hydrogen-bond acceptors (Lipinski definition) is 2. The summed E-state index contributed by atoms with van der Waals surface area (Å²) >= 11 is 0. The van der Waals surface area contributed by atoms with E-state index in [0.29, 0.717) is 28.6 Å². The summed E-state index contributed by atoms with van der Waals surface area (Å²) in [6.07, 6.45) is -0.128. The summed E-state index contributed by atoms with van der Waals surface area (Å²) in [6, 6.07) is 36.1. The first kappa shape index (κ1) is 27.4. The van der Waals surface area contributed by atoms with Crippen molar-refractivity contribution in [2.75, 3.05) is 0 Å². The molecule has 0 saturated carbocycles. The van der Waals surface area contributed by atoms with Crippen molar-refractivity contribution in [1.82, 2.24) is 18.7 Å². The fourth-order valence-electron chi connectivity index (χ4n) is 8.02. The Morgan fingerprint density at radius 3 is 2.20 bits per heavy atom. The van der Waals surface area contributed by atoms with Crippen molar-refractivity contribution in [1.29, 1.82) is 0 Å². The van der Waals surface area contributed by atoms with E-state index < -0.39 is 54.6 Å². The molecule has 1 aliphatic rings. The highest BCUT2D eigenvalue weighted by Gasteiger charge is 2.41. The Morgan fingerprint density at radius 1 is 0.672 bits per heavy atom. The van der Waals surface area contributed by atoms with Gasteiger partial charge in [-0.2, -0.15) is 0 Å². The largest absolute Gasteiger partial charge is 0.503 e. The lowest BCUT2D eigenvalue weighted by Gasteiger charge is -2.20. The predicted octanol–water partition coefficient (Wildman–Crippen LogP) is 14.7. The van der Waals surface area contributed by atoms with Gasteiger partial charge in [0, 0.05) is 43.5 Å². The van der Waals surface area contributed by atoms with E-state index in [1.54, 1.807) is 59.4 Å². The first-order chi connectivity index (χ1) is 34.2. The van der Waals surface area contributed by atoms with Crippen molar-refractivity contribution >= 4 is 50.6 Å². The number of pyridine rings is 1. The highest BCUT2D eigenvalue weighted by molar-refractivity contribution is 6.09. The number of nitrogens with zero attached hydrogens (tertiary/aromatic N) is 4. The normalized spacial score (nSPS) is 15.3. The standard InChI is InChI=1S/C56H48N4O/c1-38(2)33-41-21-14-28-51-54(41)59(55-46(39-17-8-6-9-18-39)25-16-26-47(55)40-19-10-7-11-20-40)37-58(51)43-22-15-23-44(35-43)61-45-29-30-49-48-24-12-13-27-50(48)60(52(49)36-45)53-34-42(31-32-57-53)56(3,4)5/h6-32,34-36,38H,33H2,1-5H3/q+2/i6D,7D,8D,9D,10D,17D,18D,19D,20D,33D2. The van der Waals surface area contributed by atoms with E-state index in [0.717, 1.165) is 33.2 Å². The van der Waals surface area contributed by atoms with Crippen LogP contribution in [0.5, 0.6) is 11.5 Å². The summed E-state index contributed by atoms with van der Waals surface area (Å²) in [5, 5.41) is 2.09. The number of aromatic nitrogens is 2. The van der Waals surface area contributed by atoms with Gasteiger partial charge < -0.3 is 4.74 Å². The Balaban J connectivity index is 1.21. The fraction of sp³-hybridized carbons (Fsp3) is 0.143. The minimum Gasteiger partial charge on any atom is -0.457 e. The monoisotopic (exact) mass is 803 g/mol. The van der Waals surface area contributed by atoms with Crippen LogP contribution in [0.15, 0.2) is 182 Å². The number of para-hydroxylation sites is 3. The lowest BCUT2D eigenvalue weighted by molar-refractivity contribution is 0.483.